The van der Waals surface area contributed by atoms with E-state index in [1.807, 2.05) is 0 Å². The van der Waals surface area contributed by atoms with Gasteiger partial charge in [-0.15, -0.1) is 0 Å². The molecule has 0 fully saturated rings. The molecule has 2 amide bonds. The topological polar surface area (TPSA) is 122 Å². The average Bonchev–Trinajstić information content (AvgIpc) is 2.73. The lowest BCUT2D eigenvalue weighted by Crippen LogP contribution is -2.40. The molecule has 0 aliphatic carbocycles. The SMILES string of the molecule is C[C@H](NC(=O)c1ccc(Cl)cc1)C(=O)OCC(=O)Nc1cc(S(=O)(=O)N(C)C)ccc1Cl. The lowest BCUT2D eigenvalue weighted by atomic mass is 10.2. The number of ether oxygens (including phenoxy) is 1. The van der Waals surface area contributed by atoms with E-state index < -0.39 is 40.5 Å². The quantitative estimate of drug-likeness (QED) is 0.535. The Labute approximate surface area is 195 Å². The first-order valence-corrected chi connectivity index (χ1v) is 11.4. The smallest absolute Gasteiger partial charge is 0.328 e. The number of amides is 2. The second kappa shape index (κ2) is 10.8. The van der Waals surface area contributed by atoms with Crippen LogP contribution in [0.2, 0.25) is 10.0 Å². The van der Waals surface area contributed by atoms with Crippen LogP contribution in [-0.2, 0) is 24.3 Å². The fourth-order valence-electron chi connectivity index (χ4n) is 2.36. The van der Waals surface area contributed by atoms with Crippen LogP contribution >= 0.6 is 23.2 Å². The fraction of sp³-hybridized carbons (Fsp3) is 0.250. The molecule has 0 radical (unpaired) electrons. The summed E-state index contributed by atoms with van der Waals surface area (Å²) in [6.07, 6.45) is 0. The van der Waals surface area contributed by atoms with Crippen molar-refractivity contribution in [2.75, 3.05) is 26.0 Å². The van der Waals surface area contributed by atoms with Gasteiger partial charge in [-0.3, -0.25) is 9.59 Å². The Morgan fingerprint density at radius 1 is 1.06 bits per heavy atom. The van der Waals surface area contributed by atoms with Crippen LogP contribution in [0.25, 0.3) is 0 Å². The number of rotatable bonds is 8. The maximum atomic E-state index is 12.2. The molecular formula is C20H21Cl2N3O6S. The molecule has 0 saturated carbocycles. The third-order valence-electron chi connectivity index (χ3n) is 4.14. The first kappa shape index (κ1) is 25.6. The van der Waals surface area contributed by atoms with E-state index in [1.165, 1.54) is 63.5 Å². The van der Waals surface area contributed by atoms with Crippen LogP contribution in [0.5, 0.6) is 0 Å². The normalized spacial score (nSPS) is 12.2. The zero-order valence-corrected chi connectivity index (χ0v) is 19.7. The van der Waals surface area contributed by atoms with Crippen molar-refractivity contribution < 1.29 is 27.5 Å². The summed E-state index contributed by atoms with van der Waals surface area (Å²) < 4.78 is 30.4. The van der Waals surface area contributed by atoms with Crippen LogP contribution in [0.3, 0.4) is 0 Å². The predicted octanol–water partition coefficient (Wildman–Crippen LogP) is 2.54. The predicted molar refractivity (Wildman–Crippen MR) is 120 cm³/mol. The number of carbonyl (C=O) groups is 3. The van der Waals surface area contributed by atoms with Crippen molar-refractivity contribution in [3.63, 3.8) is 0 Å². The minimum absolute atomic E-state index is 0.0414. The van der Waals surface area contributed by atoms with Gasteiger partial charge in [0.2, 0.25) is 10.0 Å². The number of halogens is 2. The Hall–Kier alpha value is -2.66. The molecule has 1 atom stereocenters. The zero-order chi connectivity index (χ0) is 24.1. The molecule has 0 unspecified atom stereocenters. The van der Waals surface area contributed by atoms with E-state index in [4.69, 9.17) is 27.9 Å². The van der Waals surface area contributed by atoms with Gasteiger partial charge in [0.05, 0.1) is 15.6 Å². The van der Waals surface area contributed by atoms with E-state index in [0.717, 1.165) is 4.31 Å². The third-order valence-corrected chi connectivity index (χ3v) is 6.54. The van der Waals surface area contributed by atoms with Crippen molar-refractivity contribution in [2.24, 2.45) is 0 Å². The van der Waals surface area contributed by atoms with E-state index >= 15 is 0 Å². The van der Waals surface area contributed by atoms with Crippen LogP contribution in [0.4, 0.5) is 5.69 Å². The Bertz CT molecular complexity index is 1120. The second-order valence-corrected chi connectivity index (χ2v) is 9.78. The van der Waals surface area contributed by atoms with Crippen LogP contribution in [0, 0.1) is 0 Å². The van der Waals surface area contributed by atoms with Crippen LogP contribution < -0.4 is 10.6 Å². The molecule has 9 nitrogen and oxygen atoms in total. The molecular weight excluding hydrogens is 481 g/mol. The number of esters is 1. The lowest BCUT2D eigenvalue weighted by Gasteiger charge is -2.15. The van der Waals surface area contributed by atoms with Crippen LogP contribution in [-0.4, -0.2) is 57.3 Å². The van der Waals surface area contributed by atoms with Gasteiger partial charge >= 0.3 is 5.97 Å². The van der Waals surface area contributed by atoms with Gasteiger partial charge in [-0.2, -0.15) is 0 Å². The Morgan fingerprint density at radius 3 is 2.28 bits per heavy atom. The van der Waals surface area contributed by atoms with Gasteiger partial charge in [-0.1, -0.05) is 23.2 Å². The van der Waals surface area contributed by atoms with Crippen molar-refractivity contribution in [1.82, 2.24) is 9.62 Å². The minimum atomic E-state index is -3.74. The van der Waals surface area contributed by atoms with Crippen molar-refractivity contribution in [2.45, 2.75) is 17.9 Å². The highest BCUT2D eigenvalue weighted by Gasteiger charge is 2.21. The summed E-state index contributed by atoms with van der Waals surface area (Å²) in [5.74, 6) is -2.09. The Kier molecular flexibility index (Phi) is 8.62. The van der Waals surface area contributed by atoms with Crippen LogP contribution in [0.1, 0.15) is 17.3 Å². The van der Waals surface area contributed by atoms with E-state index in [0.29, 0.717) is 10.6 Å². The second-order valence-electron chi connectivity index (χ2n) is 6.79. The number of anilines is 1. The van der Waals surface area contributed by atoms with E-state index in [1.54, 1.807) is 0 Å². The Balaban J connectivity index is 1.94. The van der Waals surface area contributed by atoms with Gasteiger partial charge in [0, 0.05) is 24.7 Å². The zero-order valence-electron chi connectivity index (χ0n) is 17.4. The maximum absolute atomic E-state index is 12.2. The van der Waals surface area contributed by atoms with Gasteiger partial charge in [-0.25, -0.2) is 17.5 Å². The van der Waals surface area contributed by atoms with Crippen molar-refractivity contribution >= 4 is 56.7 Å². The number of sulfonamides is 1. The first-order chi connectivity index (χ1) is 14.9. The highest BCUT2D eigenvalue weighted by atomic mass is 35.5. The van der Waals surface area contributed by atoms with Crippen LogP contribution in [0.15, 0.2) is 47.4 Å². The maximum Gasteiger partial charge on any atom is 0.328 e. The van der Waals surface area contributed by atoms with E-state index in [2.05, 4.69) is 10.6 Å². The molecule has 0 spiro atoms. The van der Waals surface area contributed by atoms with Gasteiger partial charge in [0.15, 0.2) is 6.61 Å². The van der Waals surface area contributed by atoms with E-state index in [9.17, 15) is 22.8 Å². The lowest BCUT2D eigenvalue weighted by molar-refractivity contribution is -0.148. The molecule has 12 heteroatoms. The molecule has 0 aliphatic rings. The number of nitrogens with one attached hydrogen (secondary N) is 2. The summed E-state index contributed by atoms with van der Waals surface area (Å²) in [6.45, 7) is 0.738. The fourth-order valence-corrected chi connectivity index (χ4v) is 3.58. The van der Waals surface area contributed by atoms with Gasteiger partial charge in [0.25, 0.3) is 11.8 Å². The number of carbonyl (C=O) groups excluding carboxylic acids is 3. The van der Waals surface area contributed by atoms with Gasteiger partial charge in [-0.05, 0) is 49.4 Å². The number of hydrogen-bond donors (Lipinski definition) is 2. The molecule has 172 valence electrons. The molecule has 2 aromatic rings. The molecule has 0 aromatic heterocycles. The van der Waals surface area contributed by atoms with Crippen molar-refractivity contribution in [3.05, 3.63) is 58.1 Å². The molecule has 32 heavy (non-hydrogen) atoms. The molecule has 2 N–H and O–H groups in total. The summed E-state index contributed by atoms with van der Waals surface area (Å²) in [6, 6.07) is 8.87. The number of nitrogens with zero attached hydrogens (tertiary/aromatic N) is 1. The molecule has 2 aromatic carbocycles. The monoisotopic (exact) mass is 501 g/mol. The highest BCUT2D eigenvalue weighted by molar-refractivity contribution is 7.89. The largest absolute Gasteiger partial charge is 0.454 e. The summed E-state index contributed by atoms with van der Waals surface area (Å²) in [5.41, 5.74) is 0.341. The minimum Gasteiger partial charge on any atom is -0.454 e. The summed E-state index contributed by atoms with van der Waals surface area (Å²) >= 11 is 11.8. The van der Waals surface area contributed by atoms with Gasteiger partial charge in [0.1, 0.15) is 6.04 Å². The standard InChI is InChI=1S/C20H21Cl2N3O6S/c1-12(23-19(27)13-4-6-14(21)7-5-13)20(28)31-11-18(26)24-17-10-15(8-9-16(17)22)32(29,30)25(2)3/h4-10,12H,11H2,1-3H3,(H,23,27)(H,24,26)/t12-/m0/s1. The Morgan fingerprint density at radius 2 is 1.69 bits per heavy atom. The molecule has 0 aliphatic heterocycles. The molecule has 0 bridgehead atoms. The highest BCUT2D eigenvalue weighted by Crippen LogP contribution is 2.26. The van der Waals surface area contributed by atoms with Crippen molar-refractivity contribution in [3.8, 4) is 0 Å². The molecule has 0 heterocycles. The summed E-state index contributed by atoms with van der Waals surface area (Å²) in [5, 5.41) is 5.41. The third kappa shape index (κ3) is 6.67. The summed E-state index contributed by atoms with van der Waals surface area (Å²) in [7, 11) is -0.996. The number of benzene rings is 2. The molecule has 0 saturated heterocycles. The van der Waals surface area contributed by atoms with E-state index in [-0.39, 0.29) is 15.6 Å². The average molecular weight is 502 g/mol. The van der Waals surface area contributed by atoms with Crippen molar-refractivity contribution in [1.29, 1.82) is 0 Å². The molecule has 2 rings (SSSR count). The summed E-state index contributed by atoms with van der Waals surface area (Å²) in [4.78, 5) is 36.3. The van der Waals surface area contributed by atoms with Gasteiger partial charge < -0.3 is 15.4 Å². The first-order valence-electron chi connectivity index (χ1n) is 9.17. The number of hydrogen-bond acceptors (Lipinski definition) is 6.